The fourth-order valence-electron chi connectivity index (χ4n) is 3.72. The quantitative estimate of drug-likeness (QED) is 0.824. The monoisotopic (exact) mass is 364 g/mol. The summed E-state index contributed by atoms with van der Waals surface area (Å²) in [4.78, 5) is 19.0. The van der Waals surface area contributed by atoms with E-state index in [2.05, 4.69) is 61.6 Å². The molecule has 1 aliphatic heterocycles. The smallest absolute Gasteiger partial charge is 0.309 e. The summed E-state index contributed by atoms with van der Waals surface area (Å²) in [6.45, 7) is 10.7. The van der Waals surface area contributed by atoms with Crippen molar-refractivity contribution in [3.63, 3.8) is 0 Å². The van der Waals surface area contributed by atoms with Gasteiger partial charge in [0, 0.05) is 11.1 Å². The molecule has 5 heteroatoms. The van der Waals surface area contributed by atoms with Crippen LogP contribution in [0, 0.1) is 18.8 Å². The molecule has 27 heavy (non-hydrogen) atoms. The third kappa shape index (κ3) is 4.28. The minimum Gasteiger partial charge on any atom is -0.488 e. The highest BCUT2D eigenvalue weighted by molar-refractivity contribution is 5.69. The zero-order chi connectivity index (χ0) is 19.8. The van der Waals surface area contributed by atoms with Crippen LogP contribution in [-0.4, -0.2) is 26.6 Å². The number of carboxylic acids is 1. The number of aliphatic carboxylic acids is 1. The Morgan fingerprint density at radius 2 is 1.93 bits per heavy atom. The summed E-state index contributed by atoms with van der Waals surface area (Å²) in [5.74, 6) is 6.19. The molecule has 5 nitrogen and oxygen atoms in total. The van der Waals surface area contributed by atoms with Crippen molar-refractivity contribution in [1.29, 1.82) is 0 Å². The number of aryl methyl sites for hydroxylation is 1. The molecule has 2 aromatic rings. The second-order valence-electron chi connectivity index (χ2n) is 8.30. The van der Waals surface area contributed by atoms with Crippen LogP contribution in [0.1, 0.15) is 62.2 Å². The Morgan fingerprint density at radius 1 is 1.19 bits per heavy atom. The lowest BCUT2D eigenvalue weighted by atomic mass is 9.73. The van der Waals surface area contributed by atoms with Gasteiger partial charge in [0.25, 0.3) is 0 Å². The predicted molar refractivity (Wildman–Crippen MR) is 103 cm³/mol. The van der Waals surface area contributed by atoms with Crippen molar-refractivity contribution < 1.29 is 14.6 Å². The maximum atomic E-state index is 10.7. The first kappa shape index (κ1) is 18.9. The van der Waals surface area contributed by atoms with Crippen LogP contribution < -0.4 is 4.74 Å². The predicted octanol–water partition coefficient (Wildman–Crippen LogP) is 3.65. The van der Waals surface area contributed by atoms with Crippen LogP contribution >= 0.6 is 0 Å². The van der Waals surface area contributed by atoms with Crippen LogP contribution in [0.25, 0.3) is 0 Å². The summed E-state index contributed by atoms with van der Waals surface area (Å²) >= 11 is 0. The molecule has 0 fully saturated rings. The SMILES string of the molecule is Cc1cc2c(cc1C#Cc1cnc(CC(=O)O)cn1)C(C)(C)CC(C)(C)O2. The number of benzene rings is 1. The molecule has 1 aliphatic rings. The molecule has 1 N–H and O–H groups in total. The summed E-state index contributed by atoms with van der Waals surface area (Å²) in [7, 11) is 0. The van der Waals surface area contributed by atoms with Crippen LogP contribution in [-0.2, 0) is 16.6 Å². The van der Waals surface area contributed by atoms with E-state index >= 15 is 0 Å². The highest BCUT2D eigenvalue weighted by Crippen LogP contribution is 2.45. The van der Waals surface area contributed by atoms with Crippen molar-refractivity contribution in [2.24, 2.45) is 0 Å². The van der Waals surface area contributed by atoms with Crippen LogP contribution in [0.4, 0.5) is 0 Å². The summed E-state index contributed by atoms with van der Waals surface area (Å²) in [6, 6.07) is 4.17. The molecule has 2 heterocycles. The first-order valence-corrected chi connectivity index (χ1v) is 8.95. The van der Waals surface area contributed by atoms with Gasteiger partial charge in [-0.25, -0.2) is 4.98 Å². The molecule has 0 aliphatic carbocycles. The van der Waals surface area contributed by atoms with Gasteiger partial charge in [0.1, 0.15) is 17.0 Å². The van der Waals surface area contributed by atoms with Crippen LogP contribution in [0.2, 0.25) is 0 Å². The van der Waals surface area contributed by atoms with Gasteiger partial charge in [0.05, 0.1) is 24.5 Å². The Hall–Kier alpha value is -2.87. The zero-order valence-electron chi connectivity index (χ0n) is 16.4. The van der Waals surface area contributed by atoms with Gasteiger partial charge < -0.3 is 9.84 Å². The van der Waals surface area contributed by atoms with E-state index in [1.807, 2.05) is 6.92 Å². The molecule has 3 rings (SSSR count). The molecule has 0 spiro atoms. The number of rotatable bonds is 2. The van der Waals surface area contributed by atoms with E-state index in [0.717, 1.165) is 23.3 Å². The third-order valence-corrected chi connectivity index (χ3v) is 4.67. The molecule has 0 saturated carbocycles. The van der Waals surface area contributed by atoms with Gasteiger partial charge in [0.2, 0.25) is 0 Å². The van der Waals surface area contributed by atoms with Gasteiger partial charge in [-0.2, -0.15) is 0 Å². The molecule has 1 aromatic heterocycles. The number of hydrogen-bond donors (Lipinski definition) is 1. The number of hydrogen-bond acceptors (Lipinski definition) is 4. The number of fused-ring (bicyclic) bond motifs is 1. The Kier molecular flexibility index (Phi) is 4.69. The molecule has 0 atom stereocenters. The molecule has 0 radical (unpaired) electrons. The largest absolute Gasteiger partial charge is 0.488 e. The highest BCUT2D eigenvalue weighted by Gasteiger charge is 2.39. The fraction of sp³-hybridized carbons (Fsp3) is 0.409. The second-order valence-corrected chi connectivity index (χ2v) is 8.30. The lowest BCUT2D eigenvalue weighted by Crippen LogP contribution is -2.41. The van der Waals surface area contributed by atoms with E-state index < -0.39 is 5.97 Å². The van der Waals surface area contributed by atoms with Crippen molar-refractivity contribution >= 4 is 5.97 Å². The standard InChI is InChI=1S/C22H24N2O3/c1-14-8-19-18(21(2,3)13-22(4,5)27-19)9-15(14)6-7-16-11-24-17(12-23-16)10-20(25)26/h8-9,11-12H,10,13H2,1-5H3,(H,25,26). The van der Waals surface area contributed by atoms with E-state index in [1.54, 1.807) is 0 Å². The van der Waals surface area contributed by atoms with Crippen molar-refractivity contribution in [3.05, 3.63) is 52.6 Å². The van der Waals surface area contributed by atoms with Crippen LogP contribution in [0.3, 0.4) is 0 Å². The molecule has 0 saturated heterocycles. The molecule has 1 aromatic carbocycles. The van der Waals surface area contributed by atoms with Crippen molar-refractivity contribution in [2.75, 3.05) is 0 Å². The van der Waals surface area contributed by atoms with Gasteiger partial charge in [-0.15, -0.1) is 0 Å². The van der Waals surface area contributed by atoms with Crippen molar-refractivity contribution in [3.8, 4) is 17.6 Å². The van der Waals surface area contributed by atoms with Gasteiger partial charge in [0.15, 0.2) is 0 Å². The number of nitrogens with zero attached hydrogens (tertiary/aromatic N) is 2. The number of ether oxygens (including phenoxy) is 1. The van der Waals surface area contributed by atoms with Crippen molar-refractivity contribution in [2.45, 2.75) is 58.5 Å². The average molecular weight is 364 g/mol. The Morgan fingerprint density at radius 3 is 2.56 bits per heavy atom. The second kappa shape index (κ2) is 6.70. The Balaban J connectivity index is 1.92. The Labute approximate surface area is 159 Å². The van der Waals surface area contributed by atoms with Gasteiger partial charge in [-0.3, -0.25) is 9.78 Å². The zero-order valence-corrected chi connectivity index (χ0v) is 16.4. The first-order chi connectivity index (χ1) is 12.6. The normalized spacial score (nSPS) is 16.5. The number of carbonyl (C=O) groups is 1. The van der Waals surface area contributed by atoms with Gasteiger partial charge in [-0.05, 0) is 56.2 Å². The number of carboxylic acid groups (broad SMARTS) is 1. The number of aromatic nitrogens is 2. The maximum Gasteiger partial charge on any atom is 0.309 e. The first-order valence-electron chi connectivity index (χ1n) is 8.95. The molecule has 0 bridgehead atoms. The third-order valence-electron chi connectivity index (χ3n) is 4.67. The van der Waals surface area contributed by atoms with Crippen molar-refractivity contribution in [1.82, 2.24) is 9.97 Å². The van der Waals surface area contributed by atoms with Crippen LogP contribution in [0.15, 0.2) is 24.5 Å². The average Bonchev–Trinajstić information content (AvgIpc) is 2.52. The minimum absolute atomic E-state index is 0.000497. The maximum absolute atomic E-state index is 10.7. The topological polar surface area (TPSA) is 72.3 Å². The summed E-state index contributed by atoms with van der Waals surface area (Å²) in [6.07, 6.45) is 3.75. The summed E-state index contributed by atoms with van der Waals surface area (Å²) < 4.78 is 6.18. The van der Waals surface area contributed by atoms with Gasteiger partial charge >= 0.3 is 5.97 Å². The molecular weight excluding hydrogens is 340 g/mol. The van der Waals surface area contributed by atoms with E-state index in [4.69, 9.17) is 9.84 Å². The van der Waals surface area contributed by atoms with E-state index in [-0.39, 0.29) is 17.4 Å². The molecule has 0 unspecified atom stereocenters. The summed E-state index contributed by atoms with van der Waals surface area (Å²) in [5, 5.41) is 8.78. The van der Waals surface area contributed by atoms with Gasteiger partial charge in [-0.1, -0.05) is 19.8 Å². The lowest BCUT2D eigenvalue weighted by Gasteiger charge is -2.42. The fourth-order valence-corrected chi connectivity index (χ4v) is 3.72. The highest BCUT2D eigenvalue weighted by atomic mass is 16.5. The lowest BCUT2D eigenvalue weighted by molar-refractivity contribution is -0.136. The molecular formula is C22H24N2O3. The minimum atomic E-state index is -0.930. The Bertz CT molecular complexity index is 948. The van der Waals surface area contributed by atoms with E-state index in [1.165, 1.54) is 18.0 Å². The van der Waals surface area contributed by atoms with E-state index in [0.29, 0.717) is 11.4 Å². The van der Waals surface area contributed by atoms with E-state index in [9.17, 15) is 4.79 Å². The van der Waals surface area contributed by atoms with Crippen LogP contribution in [0.5, 0.6) is 5.75 Å². The summed E-state index contributed by atoms with van der Waals surface area (Å²) in [5.41, 5.74) is 3.88. The molecule has 0 amide bonds. The molecule has 140 valence electrons.